The highest BCUT2D eigenvalue weighted by atomic mass is 16.5. The maximum Gasteiger partial charge on any atom is 0.178 e. The molecule has 1 unspecified atom stereocenters. The van der Waals surface area contributed by atoms with Gasteiger partial charge in [-0.3, -0.25) is 0 Å². The molecule has 3 aromatic rings. The van der Waals surface area contributed by atoms with Gasteiger partial charge in [0.05, 0.1) is 6.04 Å². The van der Waals surface area contributed by atoms with Crippen molar-refractivity contribution < 1.29 is 4.74 Å². The summed E-state index contributed by atoms with van der Waals surface area (Å²) in [6, 6.07) is 14.4. The Bertz CT molecular complexity index is 1060. The number of rotatable bonds is 7. The third-order valence-corrected chi connectivity index (χ3v) is 5.93. The molecule has 0 radical (unpaired) electrons. The van der Waals surface area contributed by atoms with Gasteiger partial charge in [-0.05, 0) is 60.4 Å². The Morgan fingerprint density at radius 1 is 1.16 bits per heavy atom. The number of ether oxygens (including phenoxy) is 1. The van der Waals surface area contributed by atoms with E-state index >= 15 is 0 Å². The molecule has 1 heterocycles. The average molecular weight is 416 g/mol. The van der Waals surface area contributed by atoms with E-state index in [1.54, 1.807) is 0 Å². The Labute approximate surface area is 184 Å². The molecule has 1 fully saturated rings. The van der Waals surface area contributed by atoms with Crippen LogP contribution in [0.2, 0.25) is 0 Å². The third-order valence-electron chi connectivity index (χ3n) is 5.93. The predicted molar refractivity (Wildman–Crippen MR) is 122 cm³/mol. The molecule has 0 spiro atoms. The van der Waals surface area contributed by atoms with Crippen molar-refractivity contribution in [2.24, 2.45) is 0 Å². The van der Waals surface area contributed by atoms with Gasteiger partial charge in [0.25, 0.3) is 0 Å². The molecule has 0 amide bonds. The minimum atomic E-state index is -0.272. The molecule has 0 bridgehead atoms. The number of para-hydroxylation sites is 1. The van der Waals surface area contributed by atoms with E-state index < -0.39 is 0 Å². The molecular weight excluding hydrogens is 386 g/mol. The van der Waals surface area contributed by atoms with Crippen molar-refractivity contribution in [3.05, 3.63) is 65.0 Å². The number of terminal acetylenes is 1. The lowest BCUT2D eigenvalue weighted by Gasteiger charge is -2.27. The van der Waals surface area contributed by atoms with Crippen LogP contribution in [0.1, 0.15) is 66.7 Å². The first-order valence-electron chi connectivity index (χ1n) is 10.9. The Kier molecular flexibility index (Phi) is 6.51. The summed E-state index contributed by atoms with van der Waals surface area (Å²) >= 11 is 0. The van der Waals surface area contributed by atoms with Gasteiger partial charge in [0, 0.05) is 11.3 Å². The van der Waals surface area contributed by atoms with E-state index in [-0.39, 0.29) is 12.6 Å². The van der Waals surface area contributed by atoms with Crippen LogP contribution in [0.25, 0.3) is 0 Å². The summed E-state index contributed by atoms with van der Waals surface area (Å²) in [5.74, 6) is 4.09. The molecule has 1 saturated carbocycles. The molecule has 1 aliphatic rings. The minimum absolute atomic E-state index is 0.209. The van der Waals surface area contributed by atoms with Gasteiger partial charge in [0.2, 0.25) is 0 Å². The second-order valence-electron chi connectivity index (χ2n) is 8.20. The maximum absolute atomic E-state index is 5.89. The Morgan fingerprint density at radius 2 is 1.97 bits per heavy atom. The molecule has 0 aliphatic heterocycles. The topological polar surface area (TPSA) is 64.9 Å². The lowest BCUT2D eigenvalue weighted by atomic mass is 9.95. The van der Waals surface area contributed by atoms with E-state index in [4.69, 9.17) is 11.2 Å². The molecular formula is C25H29N5O. The van der Waals surface area contributed by atoms with Crippen LogP contribution in [-0.2, 0) is 0 Å². The predicted octanol–water partition coefficient (Wildman–Crippen LogP) is 5.01. The molecule has 0 saturated heterocycles. The second-order valence-corrected chi connectivity index (χ2v) is 8.20. The molecule has 160 valence electrons. The first kappa shape index (κ1) is 20.9. The SMILES string of the molecule is C#CCOc1ccccc1C(Nc1cc(C)ccc1C)c1nnnn1C1CCCCC1. The number of aryl methyl sites for hydroxylation is 2. The van der Waals surface area contributed by atoms with Crippen LogP contribution < -0.4 is 10.1 Å². The van der Waals surface area contributed by atoms with Gasteiger partial charge in [-0.1, -0.05) is 55.5 Å². The van der Waals surface area contributed by atoms with Gasteiger partial charge in [0.1, 0.15) is 18.4 Å². The smallest absolute Gasteiger partial charge is 0.178 e. The zero-order valence-corrected chi connectivity index (χ0v) is 18.2. The highest BCUT2D eigenvalue weighted by Gasteiger charge is 2.28. The lowest BCUT2D eigenvalue weighted by Crippen LogP contribution is -2.23. The number of benzene rings is 2. The molecule has 1 atom stereocenters. The van der Waals surface area contributed by atoms with Crippen molar-refractivity contribution in [3.63, 3.8) is 0 Å². The molecule has 1 aliphatic carbocycles. The van der Waals surface area contributed by atoms with Crippen LogP contribution in [0.4, 0.5) is 5.69 Å². The quantitative estimate of drug-likeness (QED) is 0.550. The summed E-state index contributed by atoms with van der Waals surface area (Å²) in [4.78, 5) is 0. The summed E-state index contributed by atoms with van der Waals surface area (Å²) in [7, 11) is 0. The number of hydrogen-bond donors (Lipinski definition) is 1. The molecule has 6 nitrogen and oxygen atoms in total. The Hall–Kier alpha value is -3.33. The zero-order chi connectivity index (χ0) is 21.6. The fourth-order valence-corrected chi connectivity index (χ4v) is 4.27. The van der Waals surface area contributed by atoms with Gasteiger partial charge >= 0.3 is 0 Å². The van der Waals surface area contributed by atoms with Crippen molar-refractivity contribution >= 4 is 5.69 Å². The number of tetrazole rings is 1. The average Bonchev–Trinajstić information content (AvgIpc) is 3.29. The van der Waals surface area contributed by atoms with Gasteiger partial charge in [-0.15, -0.1) is 11.5 Å². The molecule has 1 N–H and O–H groups in total. The molecule has 6 heteroatoms. The van der Waals surface area contributed by atoms with E-state index in [0.717, 1.165) is 41.2 Å². The van der Waals surface area contributed by atoms with Crippen LogP contribution in [0, 0.1) is 26.2 Å². The summed E-state index contributed by atoms with van der Waals surface area (Å²) in [6.07, 6.45) is 11.4. The lowest BCUT2D eigenvalue weighted by molar-refractivity contribution is 0.314. The molecule has 4 rings (SSSR count). The van der Waals surface area contributed by atoms with E-state index in [9.17, 15) is 0 Å². The highest BCUT2D eigenvalue weighted by molar-refractivity contribution is 5.56. The fourth-order valence-electron chi connectivity index (χ4n) is 4.27. The number of nitrogens with one attached hydrogen (secondary N) is 1. The normalized spacial score (nSPS) is 15.3. The van der Waals surface area contributed by atoms with Crippen molar-refractivity contribution in [2.45, 2.75) is 58.0 Å². The third kappa shape index (κ3) is 4.72. The van der Waals surface area contributed by atoms with Gasteiger partial charge in [0.15, 0.2) is 5.82 Å². The van der Waals surface area contributed by atoms with E-state index in [2.05, 4.69) is 64.9 Å². The molecule has 2 aromatic carbocycles. The Balaban J connectivity index is 1.79. The van der Waals surface area contributed by atoms with Crippen molar-refractivity contribution in [3.8, 4) is 18.1 Å². The van der Waals surface area contributed by atoms with Gasteiger partial charge < -0.3 is 10.1 Å². The zero-order valence-electron chi connectivity index (χ0n) is 18.2. The first-order valence-corrected chi connectivity index (χ1v) is 10.9. The van der Waals surface area contributed by atoms with Crippen LogP contribution in [0.15, 0.2) is 42.5 Å². The van der Waals surface area contributed by atoms with Crippen LogP contribution >= 0.6 is 0 Å². The standard InChI is InChI=1S/C25H29N5O/c1-4-16-31-23-13-9-8-12-21(23)24(26-22-17-18(2)14-15-19(22)3)25-27-28-29-30(25)20-10-6-5-7-11-20/h1,8-9,12-15,17,20,24,26H,5-7,10-11,16H2,2-3H3. The number of nitrogens with zero attached hydrogens (tertiary/aromatic N) is 4. The van der Waals surface area contributed by atoms with Gasteiger partial charge in [-0.2, -0.15) is 0 Å². The number of hydrogen-bond acceptors (Lipinski definition) is 5. The van der Waals surface area contributed by atoms with Crippen LogP contribution in [0.5, 0.6) is 5.75 Å². The largest absolute Gasteiger partial charge is 0.481 e. The highest BCUT2D eigenvalue weighted by Crippen LogP contribution is 2.36. The van der Waals surface area contributed by atoms with Gasteiger partial charge in [-0.25, -0.2) is 4.68 Å². The summed E-state index contributed by atoms with van der Waals surface area (Å²) in [5.41, 5.74) is 4.37. The van der Waals surface area contributed by atoms with Crippen molar-refractivity contribution in [1.82, 2.24) is 20.2 Å². The minimum Gasteiger partial charge on any atom is -0.481 e. The molecule has 1 aromatic heterocycles. The number of aromatic nitrogens is 4. The van der Waals surface area contributed by atoms with Crippen LogP contribution in [-0.4, -0.2) is 26.8 Å². The fraction of sp³-hybridized carbons (Fsp3) is 0.400. The Morgan fingerprint density at radius 3 is 2.77 bits per heavy atom. The van der Waals surface area contributed by atoms with E-state index in [0.29, 0.717) is 6.04 Å². The summed E-state index contributed by atoms with van der Waals surface area (Å²) < 4.78 is 7.90. The van der Waals surface area contributed by atoms with E-state index in [1.807, 2.05) is 22.9 Å². The van der Waals surface area contributed by atoms with Crippen molar-refractivity contribution in [2.75, 3.05) is 11.9 Å². The van der Waals surface area contributed by atoms with Crippen LogP contribution in [0.3, 0.4) is 0 Å². The summed E-state index contributed by atoms with van der Waals surface area (Å²) in [5, 5.41) is 16.7. The van der Waals surface area contributed by atoms with E-state index in [1.165, 1.54) is 24.8 Å². The molecule has 31 heavy (non-hydrogen) atoms. The first-order chi connectivity index (χ1) is 15.2. The number of anilines is 1. The maximum atomic E-state index is 5.89. The second kappa shape index (κ2) is 9.65. The summed E-state index contributed by atoms with van der Waals surface area (Å²) in [6.45, 7) is 4.40. The van der Waals surface area contributed by atoms with Crippen molar-refractivity contribution in [1.29, 1.82) is 0 Å². The monoisotopic (exact) mass is 415 g/mol.